The molecule has 3 aromatic heterocycles. The molecular formula is C19H15N5O2S. The average Bonchev–Trinajstić information content (AvgIpc) is 3.17. The Morgan fingerprint density at radius 1 is 1.11 bits per heavy atom. The number of carbonyl (C=O) groups is 1. The van der Waals surface area contributed by atoms with Crippen LogP contribution in [0.5, 0.6) is 5.75 Å². The van der Waals surface area contributed by atoms with Gasteiger partial charge in [-0.15, -0.1) is 0 Å². The molecule has 0 radical (unpaired) electrons. The first-order valence-corrected chi connectivity index (χ1v) is 8.98. The summed E-state index contributed by atoms with van der Waals surface area (Å²) >= 11 is 1.42. The number of para-hydroxylation sites is 1. The SMILES string of the molecule is COc1cccc2sc(N(Cc3cccnc3)C(=O)c3cnccn3)nc12. The van der Waals surface area contributed by atoms with Crippen molar-refractivity contribution in [2.45, 2.75) is 6.54 Å². The molecule has 0 unspecified atom stereocenters. The number of anilines is 1. The summed E-state index contributed by atoms with van der Waals surface area (Å²) in [6, 6.07) is 9.45. The molecule has 8 heteroatoms. The molecule has 0 N–H and O–H groups in total. The summed E-state index contributed by atoms with van der Waals surface area (Å²) in [5.74, 6) is 0.397. The lowest BCUT2D eigenvalue weighted by Crippen LogP contribution is -2.31. The standard InChI is InChI=1S/C19H15N5O2S/c1-26-15-5-2-6-16-17(15)23-19(27-16)24(12-13-4-3-7-20-10-13)18(25)14-11-21-8-9-22-14/h2-11H,12H2,1H3. The van der Waals surface area contributed by atoms with Gasteiger partial charge in [0, 0.05) is 24.8 Å². The minimum atomic E-state index is -0.273. The molecule has 4 rings (SSSR count). The molecule has 0 saturated carbocycles. The van der Waals surface area contributed by atoms with E-state index < -0.39 is 0 Å². The molecule has 0 aliphatic heterocycles. The first-order valence-electron chi connectivity index (χ1n) is 8.16. The number of aromatic nitrogens is 4. The molecule has 27 heavy (non-hydrogen) atoms. The van der Waals surface area contributed by atoms with Crippen LogP contribution in [0.4, 0.5) is 5.13 Å². The van der Waals surface area contributed by atoms with Crippen LogP contribution in [-0.4, -0.2) is 33.0 Å². The van der Waals surface area contributed by atoms with E-state index >= 15 is 0 Å². The van der Waals surface area contributed by atoms with Crippen molar-refractivity contribution >= 4 is 32.6 Å². The number of benzene rings is 1. The van der Waals surface area contributed by atoms with Crippen molar-refractivity contribution < 1.29 is 9.53 Å². The topological polar surface area (TPSA) is 81.1 Å². The van der Waals surface area contributed by atoms with Gasteiger partial charge < -0.3 is 4.74 Å². The normalized spacial score (nSPS) is 10.7. The highest BCUT2D eigenvalue weighted by molar-refractivity contribution is 7.22. The largest absolute Gasteiger partial charge is 0.494 e. The van der Waals surface area contributed by atoms with Gasteiger partial charge >= 0.3 is 0 Å². The number of fused-ring (bicyclic) bond motifs is 1. The van der Waals surface area contributed by atoms with Crippen LogP contribution in [0.1, 0.15) is 16.1 Å². The van der Waals surface area contributed by atoms with E-state index in [1.165, 1.54) is 29.9 Å². The van der Waals surface area contributed by atoms with Crippen LogP contribution >= 0.6 is 11.3 Å². The van der Waals surface area contributed by atoms with Crippen LogP contribution in [0.2, 0.25) is 0 Å². The highest BCUT2D eigenvalue weighted by Crippen LogP contribution is 2.35. The van der Waals surface area contributed by atoms with Gasteiger partial charge in [-0.3, -0.25) is 19.7 Å². The molecule has 0 bridgehead atoms. The van der Waals surface area contributed by atoms with Crippen LogP contribution in [-0.2, 0) is 6.54 Å². The zero-order chi connectivity index (χ0) is 18.6. The van der Waals surface area contributed by atoms with Crippen LogP contribution in [0.3, 0.4) is 0 Å². The summed E-state index contributed by atoms with van der Waals surface area (Å²) in [6.07, 6.45) is 7.90. The predicted octanol–water partition coefficient (Wildman–Crippen LogP) is 3.34. The van der Waals surface area contributed by atoms with Gasteiger partial charge in [-0.25, -0.2) is 9.97 Å². The fraction of sp³-hybridized carbons (Fsp3) is 0.105. The number of rotatable bonds is 5. The Hall–Kier alpha value is -3.39. The van der Waals surface area contributed by atoms with Gasteiger partial charge in [-0.1, -0.05) is 23.5 Å². The Morgan fingerprint density at radius 3 is 2.74 bits per heavy atom. The third kappa shape index (κ3) is 3.47. The van der Waals surface area contributed by atoms with Crippen LogP contribution < -0.4 is 9.64 Å². The maximum Gasteiger partial charge on any atom is 0.280 e. The summed E-state index contributed by atoms with van der Waals surface area (Å²) in [5.41, 5.74) is 1.87. The minimum Gasteiger partial charge on any atom is -0.494 e. The zero-order valence-corrected chi connectivity index (χ0v) is 15.3. The number of carbonyl (C=O) groups excluding carboxylic acids is 1. The van der Waals surface area contributed by atoms with Crippen molar-refractivity contribution in [3.8, 4) is 5.75 Å². The molecule has 0 saturated heterocycles. The van der Waals surface area contributed by atoms with E-state index in [0.717, 1.165) is 15.8 Å². The van der Waals surface area contributed by atoms with Crippen LogP contribution in [0.15, 0.2) is 61.3 Å². The van der Waals surface area contributed by atoms with Crippen molar-refractivity contribution in [1.82, 2.24) is 19.9 Å². The number of hydrogen-bond acceptors (Lipinski definition) is 7. The predicted molar refractivity (Wildman–Crippen MR) is 103 cm³/mol. The van der Waals surface area contributed by atoms with Crippen molar-refractivity contribution in [2.24, 2.45) is 0 Å². The number of ether oxygens (including phenoxy) is 1. The Bertz CT molecular complexity index is 1070. The second-order valence-corrected chi connectivity index (χ2v) is 6.66. The molecule has 1 amide bonds. The maximum absolute atomic E-state index is 13.1. The number of thiazole rings is 1. The van der Waals surface area contributed by atoms with E-state index in [1.807, 2.05) is 30.3 Å². The smallest absolute Gasteiger partial charge is 0.280 e. The molecule has 1 aromatic carbocycles. The molecular weight excluding hydrogens is 362 g/mol. The molecule has 0 spiro atoms. The van der Waals surface area contributed by atoms with Crippen molar-refractivity contribution in [2.75, 3.05) is 12.0 Å². The van der Waals surface area contributed by atoms with Gasteiger partial charge in [-0.2, -0.15) is 0 Å². The molecule has 0 aliphatic carbocycles. The fourth-order valence-corrected chi connectivity index (χ4v) is 3.62. The van der Waals surface area contributed by atoms with E-state index in [0.29, 0.717) is 17.4 Å². The molecule has 0 atom stereocenters. The lowest BCUT2D eigenvalue weighted by atomic mass is 10.2. The Balaban J connectivity index is 1.79. The van der Waals surface area contributed by atoms with Gasteiger partial charge in [0.25, 0.3) is 5.91 Å². The zero-order valence-electron chi connectivity index (χ0n) is 14.4. The number of methoxy groups -OCH3 is 1. The Morgan fingerprint density at radius 2 is 2.00 bits per heavy atom. The van der Waals surface area contributed by atoms with Gasteiger partial charge in [0.15, 0.2) is 5.13 Å². The number of amides is 1. The van der Waals surface area contributed by atoms with E-state index in [2.05, 4.69) is 19.9 Å². The van der Waals surface area contributed by atoms with E-state index in [1.54, 1.807) is 24.4 Å². The van der Waals surface area contributed by atoms with Gasteiger partial charge in [0.2, 0.25) is 0 Å². The Kier molecular flexibility index (Phi) is 4.71. The average molecular weight is 377 g/mol. The first-order chi connectivity index (χ1) is 13.3. The summed E-state index contributed by atoms with van der Waals surface area (Å²) in [4.78, 5) is 31.6. The third-order valence-corrected chi connectivity index (χ3v) is 4.96. The fourth-order valence-electron chi connectivity index (χ4n) is 2.64. The van der Waals surface area contributed by atoms with E-state index in [4.69, 9.17) is 4.74 Å². The second kappa shape index (κ2) is 7.46. The molecule has 3 heterocycles. The maximum atomic E-state index is 13.1. The first kappa shape index (κ1) is 17.0. The van der Waals surface area contributed by atoms with Crippen molar-refractivity contribution in [1.29, 1.82) is 0 Å². The molecule has 0 fully saturated rings. The van der Waals surface area contributed by atoms with E-state index in [-0.39, 0.29) is 11.6 Å². The third-order valence-electron chi connectivity index (χ3n) is 3.91. The number of pyridine rings is 1. The highest BCUT2D eigenvalue weighted by atomic mass is 32.1. The minimum absolute atomic E-state index is 0.257. The summed E-state index contributed by atoms with van der Waals surface area (Å²) < 4.78 is 6.33. The quantitative estimate of drug-likeness (QED) is 0.531. The molecule has 134 valence electrons. The Labute approximate surface area is 159 Å². The van der Waals surface area contributed by atoms with Gasteiger partial charge in [-0.05, 0) is 23.8 Å². The monoisotopic (exact) mass is 377 g/mol. The molecule has 4 aromatic rings. The lowest BCUT2D eigenvalue weighted by Gasteiger charge is -2.19. The molecule has 0 aliphatic rings. The van der Waals surface area contributed by atoms with E-state index in [9.17, 15) is 4.79 Å². The van der Waals surface area contributed by atoms with Gasteiger partial charge in [0.05, 0.1) is 24.6 Å². The second-order valence-electron chi connectivity index (χ2n) is 5.65. The summed E-state index contributed by atoms with van der Waals surface area (Å²) in [5, 5.41) is 0.564. The van der Waals surface area contributed by atoms with Crippen LogP contribution in [0, 0.1) is 0 Å². The summed E-state index contributed by atoms with van der Waals surface area (Å²) in [6.45, 7) is 0.325. The summed E-state index contributed by atoms with van der Waals surface area (Å²) in [7, 11) is 1.60. The van der Waals surface area contributed by atoms with Crippen molar-refractivity contribution in [3.63, 3.8) is 0 Å². The van der Waals surface area contributed by atoms with Crippen molar-refractivity contribution in [3.05, 3.63) is 72.6 Å². The number of nitrogens with zero attached hydrogens (tertiary/aromatic N) is 5. The van der Waals surface area contributed by atoms with Gasteiger partial charge in [0.1, 0.15) is 17.0 Å². The highest BCUT2D eigenvalue weighted by Gasteiger charge is 2.23. The molecule has 7 nitrogen and oxygen atoms in total. The lowest BCUT2D eigenvalue weighted by molar-refractivity contribution is 0.0980. The van der Waals surface area contributed by atoms with Crippen LogP contribution in [0.25, 0.3) is 10.2 Å². The number of hydrogen-bond donors (Lipinski definition) is 0.